The molecule has 0 aliphatic heterocycles. The molecule has 0 heterocycles. The number of benzene rings is 1. The Morgan fingerprint density at radius 1 is 1.56 bits per heavy atom. The van der Waals surface area contributed by atoms with Gasteiger partial charge in [0.2, 0.25) is 0 Å². The number of anilines is 1. The molecule has 1 aromatic rings. The van der Waals surface area contributed by atoms with E-state index < -0.39 is 0 Å². The van der Waals surface area contributed by atoms with Crippen LogP contribution >= 0.6 is 11.8 Å². The van der Waals surface area contributed by atoms with Crippen LogP contribution in [-0.2, 0) is 5.75 Å². The topological polar surface area (TPSA) is 75.4 Å². The van der Waals surface area contributed by atoms with Crippen LogP contribution in [0.2, 0.25) is 0 Å². The first-order chi connectivity index (χ1) is 8.58. The summed E-state index contributed by atoms with van der Waals surface area (Å²) in [4.78, 5) is 10.5. The summed E-state index contributed by atoms with van der Waals surface area (Å²) in [5.41, 5.74) is 1.67. The van der Waals surface area contributed by atoms with Gasteiger partial charge in [0.1, 0.15) is 5.69 Å². The average Bonchev–Trinajstić information content (AvgIpc) is 2.36. The first-order valence-corrected chi connectivity index (χ1v) is 6.87. The Morgan fingerprint density at radius 3 is 2.83 bits per heavy atom. The van der Waals surface area contributed by atoms with Crippen LogP contribution in [-0.4, -0.2) is 28.4 Å². The number of hydrogen-bond donors (Lipinski definition) is 2. The highest BCUT2D eigenvalue weighted by Gasteiger charge is 2.13. The Morgan fingerprint density at radius 2 is 2.28 bits per heavy atom. The molecule has 1 aromatic carbocycles. The Hall–Kier alpha value is -1.27. The Balaban J connectivity index is 2.82. The summed E-state index contributed by atoms with van der Waals surface area (Å²) in [5, 5.41) is 23.0. The van der Waals surface area contributed by atoms with Crippen molar-refractivity contribution in [3.8, 4) is 0 Å². The molecule has 0 amide bonds. The van der Waals surface area contributed by atoms with Crippen molar-refractivity contribution in [3.05, 3.63) is 33.9 Å². The lowest BCUT2D eigenvalue weighted by molar-refractivity contribution is -0.384. The summed E-state index contributed by atoms with van der Waals surface area (Å²) in [6, 6.07) is 5.09. The van der Waals surface area contributed by atoms with Gasteiger partial charge in [-0.15, -0.1) is 0 Å². The summed E-state index contributed by atoms with van der Waals surface area (Å²) in [6.45, 7) is 4.63. The molecule has 0 saturated carbocycles. The Labute approximate surface area is 111 Å². The third kappa shape index (κ3) is 4.19. The van der Waals surface area contributed by atoms with Gasteiger partial charge in [-0.1, -0.05) is 13.0 Å². The van der Waals surface area contributed by atoms with Crippen LogP contribution in [0.5, 0.6) is 0 Å². The van der Waals surface area contributed by atoms with E-state index in [0.717, 1.165) is 11.3 Å². The first kappa shape index (κ1) is 14.8. The van der Waals surface area contributed by atoms with Gasteiger partial charge in [-0.2, -0.15) is 11.8 Å². The van der Waals surface area contributed by atoms with Gasteiger partial charge in [0.25, 0.3) is 5.69 Å². The zero-order valence-electron chi connectivity index (χ0n) is 10.5. The van der Waals surface area contributed by atoms with Crippen molar-refractivity contribution in [2.75, 3.05) is 18.5 Å². The van der Waals surface area contributed by atoms with Crippen molar-refractivity contribution in [2.24, 2.45) is 0 Å². The standard InChI is InChI=1S/C12H18N2O3S/c1-3-13-11-6-10(8-18-9(2)7-15)4-5-12(11)14(16)17/h4-6,9,13,15H,3,7-8H2,1-2H3. The molecule has 0 spiro atoms. The summed E-state index contributed by atoms with van der Waals surface area (Å²) in [6.07, 6.45) is 0. The molecule has 18 heavy (non-hydrogen) atoms. The molecule has 0 aliphatic rings. The van der Waals surface area contributed by atoms with Crippen molar-refractivity contribution in [1.29, 1.82) is 0 Å². The normalized spacial score (nSPS) is 12.2. The van der Waals surface area contributed by atoms with E-state index in [9.17, 15) is 10.1 Å². The second kappa shape index (κ2) is 7.23. The SMILES string of the molecule is CCNc1cc(CSC(C)CO)ccc1[N+](=O)[O-]. The molecule has 100 valence electrons. The maximum atomic E-state index is 10.8. The molecule has 1 unspecified atom stereocenters. The molecule has 1 atom stereocenters. The molecule has 6 heteroatoms. The molecule has 5 nitrogen and oxygen atoms in total. The zero-order chi connectivity index (χ0) is 13.5. The molecule has 2 N–H and O–H groups in total. The predicted molar refractivity (Wildman–Crippen MR) is 75.1 cm³/mol. The molecular formula is C12H18N2O3S. The Kier molecular flexibility index (Phi) is 5.94. The number of nitro groups is 1. The minimum Gasteiger partial charge on any atom is -0.395 e. The number of rotatable bonds is 7. The van der Waals surface area contributed by atoms with Crippen molar-refractivity contribution in [3.63, 3.8) is 0 Å². The lowest BCUT2D eigenvalue weighted by Gasteiger charge is -2.10. The summed E-state index contributed by atoms with van der Waals surface area (Å²) >= 11 is 1.62. The molecule has 0 radical (unpaired) electrons. The lowest BCUT2D eigenvalue weighted by atomic mass is 10.2. The van der Waals surface area contributed by atoms with E-state index in [-0.39, 0.29) is 22.5 Å². The maximum absolute atomic E-state index is 10.8. The molecule has 0 saturated heterocycles. The van der Waals surface area contributed by atoms with Crippen LogP contribution in [0.15, 0.2) is 18.2 Å². The molecular weight excluding hydrogens is 252 g/mol. The third-order valence-electron chi connectivity index (χ3n) is 2.42. The largest absolute Gasteiger partial charge is 0.395 e. The van der Waals surface area contributed by atoms with Crippen molar-refractivity contribution < 1.29 is 10.0 Å². The minimum absolute atomic E-state index is 0.0980. The highest BCUT2D eigenvalue weighted by atomic mass is 32.2. The van der Waals surface area contributed by atoms with Gasteiger partial charge >= 0.3 is 0 Å². The van der Waals surface area contributed by atoms with Crippen LogP contribution in [0.3, 0.4) is 0 Å². The molecule has 0 aromatic heterocycles. The van der Waals surface area contributed by atoms with Crippen LogP contribution in [0.4, 0.5) is 11.4 Å². The number of nitrogens with one attached hydrogen (secondary N) is 1. The van der Waals surface area contributed by atoms with Gasteiger partial charge < -0.3 is 10.4 Å². The zero-order valence-corrected chi connectivity index (χ0v) is 11.4. The molecule has 0 bridgehead atoms. The van der Waals surface area contributed by atoms with Crippen LogP contribution < -0.4 is 5.32 Å². The average molecular weight is 270 g/mol. The van der Waals surface area contributed by atoms with Gasteiger partial charge in [0.15, 0.2) is 0 Å². The van der Waals surface area contributed by atoms with E-state index in [1.165, 1.54) is 6.07 Å². The fraction of sp³-hybridized carbons (Fsp3) is 0.500. The first-order valence-electron chi connectivity index (χ1n) is 5.82. The van der Waals surface area contributed by atoms with Crippen LogP contribution in [0, 0.1) is 10.1 Å². The number of aliphatic hydroxyl groups excluding tert-OH is 1. The van der Waals surface area contributed by atoms with E-state index in [0.29, 0.717) is 12.2 Å². The van der Waals surface area contributed by atoms with E-state index in [1.807, 2.05) is 13.8 Å². The van der Waals surface area contributed by atoms with Gasteiger partial charge in [-0.25, -0.2) is 0 Å². The van der Waals surface area contributed by atoms with Gasteiger partial charge in [0, 0.05) is 23.6 Å². The van der Waals surface area contributed by atoms with Gasteiger partial charge in [-0.3, -0.25) is 10.1 Å². The van der Waals surface area contributed by atoms with Crippen molar-refractivity contribution in [2.45, 2.75) is 24.9 Å². The number of thioether (sulfide) groups is 1. The molecule has 1 rings (SSSR count). The van der Waals surface area contributed by atoms with Crippen molar-refractivity contribution >= 4 is 23.1 Å². The maximum Gasteiger partial charge on any atom is 0.292 e. The number of hydrogen-bond acceptors (Lipinski definition) is 5. The second-order valence-electron chi connectivity index (χ2n) is 3.94. The number of nitro benzene ring substituents is 1. The quantitative estimate of drug-likeness (QED) is 0.588. The second-order valence-corrected chi connectivity index (χ2v) is 5.37. The van der Waals surface area contributed by atoms with Crippen molar-refractivity contribution in [1.82, 2.24) is 0 Å². The summed E-state index contributed by atoms with van der Waals surface area (Å²) in [7, 11) is 0. The van der Waals surface area contributed by atoms with Gasteiger partial charge in [0.05, 0.1) is 11.5 Å². The van der Waals surface area contributed by atoms with E-state index in [2.05, 4.69) is 5.32 Å². The van der Waals surface area contributed by atoms with E-state index in [1.54, 1.807) is 23.9 Å². The highest BCUT2D eigenvalue weighted by molar-refractivity contribution is 7.99. The smallest absolute Gasteiger partial charge is 0.292 e. The number of nitrogens with zero attached hydrogens (tertiary/aromatic N) is 1. The molecule has 0 aliphatic carbocycles. The summed E-state index contributed by atoms with van der Waals surface area (Å²) in [5.74, 6) is 0.734. The predicted octanol–water partition coefficient (Wildman–Crippen LogP) is 2.64. The Bertz CT molecular complexity index is 412. The van der Waals surface area contributed by atoms with Crippen LogP contribution in [0.1, 0.15) is 19.4 Å². The lowest BCUT2D eigenvalue weighted by Crippen LogP contribution is -2.04. The van der Waals surface area contributed by atoms with E-state index >= 15 is 0 Å². The minimum atomic E-state index is -0.384. The monoisotopic (exact) mass is 270 g/mol. The molecule has 0 fully saturated rings. The van der Waals surface area contributed by atoms with Gasteiger partial charge in [-0.05, 0) is 18.6 Å². The number of aliphatic hydroxyl groups is 1. The van der Waals surface area contributed by atoms with E-state index in [4.69, 9.17) is 5.11 Å². The summed E-state index contributed by atoms with van der Waals surface area (Å²) < 4.78 is 0. The fourth-order valence-corrected chi connectivity index (χ4v) is 2.22. The third-order valence-corrected chi connectivity index (χ3v) is 3.63. The fourth-order valence-electron chi connectivity index (χ4n) is 1.46. The highest BCUT2D eigenvalue weighted by Crippen LogP contribution is 2.27. The van der Waals surface area contributed by atoms with Crippen LogP contribution in [0.25, 0.3) is 0 Å².